The predicted molar refractivity (Wildman–Crippen MR) is 161 cm³/mol. The summed E-state index contributed by atoms with van der Waals surface area (Å²) in [5, 5.41) is 11.8. The molecule has 3 aromatic rings. The zero-order valence-corrected chi connectivity index (χ0v) is 25.6. The number of carbonyl (C=O) groups is 1. The van der Waals surface area contributed by atoms with Gasteiger partial charge >= 0.3 is 0 Å². The molecule has 0 aliphatic heterocycles. The molecule has 0 heterocycles. The second kappa shape index (κ2) is 16.1. The highest BCUT2D eigenvalue weighted by Crippen LogP contribution is 2.37. The molecule has 0 bridgehead atoms. The minimum absolute atomic E-state index is 0.0250. The molecule has 0 N–H and O–H groups in total. The third-order valence-electron chi connectivity index (χ3n) is 5.58. The molecule has 0 saturated heterocycles. The van der Waals surface area contributed by atoms with E-state index in [2.05, 4.69) is 15.9 Å². The van der Waals surface area contributed by atoms with E-state index in [0.29, 0.717) is 52.5 Å². The highest BCUT2D eigenvalue weighted by molar-refractivity contribution is 9.10. The number of rotatable bonds is 15. The van der Waals surface area contributed by atoms with E-state index in [0.717, 1.165) is 10.0 Å². The summed E-state index contributed by atoms with van der Waals surface area (Å²) in [6.45, 7) is 0.487. The molecule has 3 aromatic carbocycles. The van der Waals surface area contributed by atoms with E-state index in [9.17, 15) is 14.9 Å². The van der Waals surface area contributed by atoms with Crippen molar-refractivity contribution in [2.45, 2.75) is 18.8 Å². The molecule has 0 amide bonds. The Labute approximate surface area is 260 Å². The summed E-state index contributed by atoms with van der Waals surface area (Å²) in [7, 11) is 0. The summed E-state index contributed by atoms with van der Waals surface area (Å²) < 4.78 is 17.9. The van der Waals surface area contributed by atoms with E-state index >= 15 is 0 Å². The average molecular weight is 692 g/mol. The lowest BCUT2D eigenvalue weighted by Gasteiger charge is -2.13. The summed E-state index contributed by atoms with van der Waals surface area (Å²) >= 11 is 27.0. The van der Waals surface area contributed by atoms with Crippen molar-refractivity contribution in [1.29, 1.82) is 0 Å². The first-order chi connectivity index (χ1) is 19.1. The number of hydrogen-bond acceptors (Lipinski definition) is 6. The molecule has 1 unspecified atom stereocenters. The number of hydrogen-bond donors (Lipinski definition) is 0. The van der Waals surface area contributed by atoms with Crippen molar-refractivity contribution in [1.82, 2.24) is 0 Å². The van der Waals surface area contributed by atoms with Gasteiger partial charge in [0, 0.05) is 39.9 Å². The Bertz CT molecular complexity index is 1310. The van der Waals surface area contributed by atoms with Gasteiger partial charge in [0.2, 0.25) is 6.54 Å². The summed E-state index contributed by atoms with van der Waals surface area (Å²) in [6, 6.07) is 17.0. The molecule has 0 saturated carbocycles. The van der Waals surface area contributed by atoms with Crippen molar-refractivity contribution in [2.24, 2.45) is 0 Å². The van der Waals surface area contributed by atoms with Crippen molar-refractivity contribution in [3.8, 4) is 17.2 Å². The van der Waals surface area contributed by atoms with Gasteiger partial charge in [0.25, 0.3) is 0 Å². The molecule has 7 nitrogen and oxygen atoms in total. The van der Waals surface area contributed by atoms with Crippen LogP contribution in [-0.4, -0.2) is 37.1 Å². The average Bonchev–Trinajstić information content (AvgIpc) is 2.89. The minimum Gasteiger partial charge on any atom is -0.493 e. The molecular formula is C28H24BrCl4NO6. The Hall–Kier alpha value is -2.49. The van der Waals surface area contributed by atoms with Gasteiger partial charge in [-0.1, -0.05) is 74.5 Å². The summed E-state index contributed by atoms with van der Waals surface area (Å²) in [5.41, 5.74) is 1.20. The van der Waals surface area contributed by atoms with Crippen LogP contribution in [0.15, 0.2) is 75.7 Å². The van der Waals surface area contributed by atoms with E-state index in [1.807, 2.05) is 0 Å². The summed E-state index contributed by atoms with van der Waals surface area (Å²) in [6.07, 6.45) is 2.05. The van der Waals surface area contributed by atoms with E-state index in [1.165, 1.54) is 6.08 Å². The molecule has 0 aliphatic carbocycles. The van der Waals surface area contributed by atoms with Crippen LogP contribution < -0.4 is 14.2 Å². The fourth-order valence-electron chi connectivity index (χ4n) is 3.66. The molecule has 0 aromatic heterocycles. The fourth-order valence-corrected chi connectivity index (χ4v) is 4.63. The molecular weight excluding hydrogens is 668 g/mol. The predicted octanol–water partition coefficient (Wildman–Crippen LogP) is 8.93. The van der Waals surface area contributed by atoms with Gasteiger partial charge < -0.3 is 14.2 Å². The smallest absolute Gasteiger partial charge is 0.211 e. The second-order valence-electron chi connectivity index (χ2n) is 8.49. The number of benzene rings is 3. The van der Waals surface area contributed by atoms with E-state index in [4.69, 9.17) is 60.6 Å². The minimum atomic E-state index is -0.524. The van der Waals surface area contributed by atoms with Gasteiger partial charge in [-0.25, -0.2) is 0 Å². The second-order valence-corrected chi connectivity index (χ2v) is 11.2. The first-order valence-electron chi connectivity index (χ1n) is 12.0. The quantitative estimate of drug-likeness (QED) is 0.0685. The maximum Gasteiger partial charge on any atom is 0.211 e. The van der Waals surface area contributed by atoms with Gasteiger partial charge in [0.15, 0.2) is 11.5 Å². The number of nitro groups is 1. The van der Waals surface area contributed by atoms with Gasteiger partial charge in [-0.3, -0.25) is 14.9 Å². The van der Waals surface area contributed by atoms with E-state index in [-0.39, 0.29) is 29.8 Å². The topological polar surface area (TPSA) is 87.9 Å². The maximum absolute atomic E-state index is 12.8. The van der Waals surface area contributed by atoms with Gasteiger partial charge in [-0.05, 0) is 48.0 Å². The SMILES string of the molecule is O=C(CC(C[N+](=O)[O-])c1ccc(Br)cc1)c1ccc(OCCCOc2c(Cl)cc(OCC=C(Cl)Cl)cc2Cl)cc1. The molecule has 3 rings (SSSR count). The van der Waals surface area contributed by atoms with Crippen LogP contribution in [0.25, 0.3) is 0 Å². The van der Waals surface area contributed by atoms with Crippen LogP contribution in [-0.2, 0) is 0 Å². The summed E-state index contributed by atoms with van der Waals surface area (Å²) in [4.78, 5) is 23.6. The zero-order valence-electron chi connectivity index (χ0n) is 21.0. The third-order valence-corrected chi connectivity index (χ3v) is 6.98. The highest BCUT2D eigenvalue weighted by atomic mass is 79.9. The number of carbonyl (C=O) groups excluding carboxylic acids is 1. The number of Topliss-reactive ketones (excluding diaryl/α,β-unsaturated/α-hetero) is 1. The standard InChI is InChI=1S/C28H24BrCl4NO6/c29-21-6-2-18(3-7-21)20(17-34(36)37)14-26(35)19-4-8-22(9-5-19)38-11-1-12-40-28-24(30)15-23(16-25(28)31)39-13-10-27(32)33/h2-10,15-16,20H,1,11-14,17H2. The number of ether oxygens (including phenoxy) is 3. The molecule has 0 spiro atoms. The third kappa shape index (κ3) is 10.5. The van der Waals surface area contributed by atoms with Crippen LogP contribution in [0.1, 0.15) is 34.7 Å². The first-order valence-corrected chi connectivity index (χ1v) is 14.3. The lowest BCUT2D eigenvalue weighted by Crippen LogP contribution is -2.16. The molecule has 40 heavy (non-hydrogen) atoms. The number of halogens is 5. The summed E-state index contributed by atoms with van der Waals surface area (Å²) in [5.74, 6) is 0.654. The Morgan fingerprint density at radius 3 is 2.15 bits per heavy atom. The Morgan fingerprint density at radius 2 is 1.55 bits per heavy atom. The lowest BCUT2D eigenvalue weighted by molar-refractivity contribution is -0.483. The van der Waals surface area contributed by atoms with Crippen molar-refractivity contribution < 1.29 is 23.9 Å². The molecule has 0 fully saturated rings. The maximum atomic E-state index is 12.8. The van der Waals surface area contributed by atoms with Crippen molar-refractivity contribution in [3.63, 3.8) is 0 Å². The zero-order chi connectivity index (χ0) is 29.1. The first kappa shape index (κ1) is 32.0. The van der Waals surface area contributed by atoms with Gasteiger partial charge in [-0.15, -0.1) is 0 Å². The fraction of sp³-hybridized carbons (Fsp3) is 0.250. The Balaban J connectivity index is 1.46. The van der Waals surface area contributed by atoms with Crippen LogP contribution in [0.3, 0.4) is 0 Å². The normalized spacial score (nSPS) is 11.4. The highest BCUT2D eigenvalue weighted by Gasteiger charge is 2.22. The molecule has 212 valence electrons. The van der Waals surface area contributed by atoms with Crippen LogP contribution in [0.2, 0.25) is 10.0 Å². The Kier molecular flexibility index (Phi) is 12.9. The van der Waals surface area contributed by atoms with Crippen LogP contribution in [0, 0.1) is 10.1 Å². The Morgan fingerprint density at radius 1 is 0.925 bits per heavy atom. The van der Waals surface area contributed by atoms with Crippen molar-refractivity contribution in [2.75, 3.05) is 26.4 Å². The van der Waals surface area contributed by atoms with E-state index < -0.39 is 10.8 Å². The van der Waals surface area contributed by atoms with Crippen molar-refractivity contribution in [3.05, 3.63) is 107 Å². The number of nitrogens with zero attached hydrogens (tertiary/aromatic N) is 1. The molecule has 1 atom stereocenters. The van der Waals surface area contributed by atoms with Gasteiger partial charge in [0.05, 0.1) is 29.2 Å². The van der Waals surface area contributed by atoms with Crippen LogP contribution in [0.4, 0.5) is 0 Å². The van der Waals surface area contributed by atoms with Crippen LogP contribution in [0.5, 0.6) is 17.2 Å². The lowest BCUT2D eigenvalue weighted by atomic mass is 9.91. The van der Waals surface area contributed by atoms with Gasteiger partial charge in [-0.2, -0.15) is 0 Å². The number of ketones is 1. The van der Waals surface area contributed by atoms with E-state index in [1.54, 1.807) is 60.7 Å². The molecule has 12 heteroatoms. The molecule has 0 aliphatic rings. The van der Waals surface area contributed by atoms with Gasteiger partial charge in [0.1, 0.15) is 22.6 Å². The van der Waals surface area contributed by atoms with Crippen molar-refractivity contribution >= 4 is 68.1 Å². The monoisotopic (exact) mass is 689 g/mol. The molecule has 0 radical (unpaired) electrons. The largest absolute Gasteiger partial charge is 0.493 e. The van der Waals surface area contributed by atoms with Crippen LogP contribution >= 0.6 is 62.3 Å².